The lowest BCUT2D eigenvalue weighted by atomic mass is 9.91. The highest BCUT2D eigenvalue weighted by Gasteiger charge is 2.36. The maximum Gasteiger partial charge on any atom is 0.0548 e. The lowest BCUT2D eigenvalue weighted by Gasteiger charge is -2.39. The van der Waals surface area contributed by atoms with E-state index in [9.17, 15) is 0 Å². The van der Waals surface area contributed by atoms with Gasteiger partial charge in [-0.1, -0.05) is 48.5 Å². The summed E-state index contributed by atoms with van der Waals surface area (Å²) in [5, 5.41) is 0. The molecule has 2 atom stereocenters. The minimum atomic E-state index is 0.562. The van der Waals surface area contributed by atoms with Crippen LogP contribution >= 0.6 is 0 Å². The Bertz CT molecular complexity index is 602. The third kappa shape index (κ3) is 1.61. The van der Waals surface area contributed by atoms with Crippen LogP contribution in [-0.2, 0) is 12.8 Å². The summed E-state index contributed by atoms with van der Waals surface area (Å²) in [5.74, 6) is 0. The average Bonchev–Trinajstić information content (AvgIpc) is 2.80. The number of hydrogen-bond donors (Lipinski definition) is 0. The Hall–Kier alpha value is -1.76. The van der Waals surface area contributed by atoms with Crippen molar-refractivity contribution >= 4 is 5.69 Å². The summed E-state index contributed by atoms with van der Waals surface area (Å²) < 4.78 is 0. The zero-order chi connectivity index (χ0) is 12.8. The van der Waals surface area contributed by atoms with Crippen molar-refractivity contribution in [1.29, 1.82) is 0 Å². The van der Waals surface area contributed by atoms with Crippen molar-refractivity contribution < 1.29 is 0 Å². The molecule has 0 saturated carbocycles. The Balaban J connectivity index is 1.83. The van der Waals surface area contributed by atoms with Crippen LogP contribution in [0, 0.1) is 0 Å². The van der Waals surface area contributed by atoms with E-state index in [2.05, 4.69) is 60.4 Å². The first-order valence-corrected chi connectivity index (χ1v) is 7.28. The number of nitrogens with zero attached hydrogens (tertiary/aromatic N) is 1. The standard InChI is InChI=1S/C18H19N/c1-13-12-16-9-5-8-15-10-11-17(19(13)18(15)16)14-6-3-2-4-7-14/h2-9,13,17H,10-12H2,1H3/t13-,17-/m1/s1. The van der Waals surface area contributed by atoms with E-state index in [1.54, 1.807) is 11.1 Å². The molecule has 0 aliphatic carbocycles. The third-order valence-electron chi connectivity index (χ3n) is 4.66. The van der Waals surface area contributed by atoms with E-state index in [1.165, 1.54) is 30.5 Å². The minimum Gasteiger partial charge on any atom is -0.361 e. The first-order valence-electron chi connectivity index (χ1n) is 7.28. The predicted octanol–water partition coefficient (Wildman–Crippen LogP) is 4.13. The molecule has 2 aromatic rings. The molecule has 2 aliphatic heterocycles. The second-order valence-electron chi connectivity index (χ2n) is 5.85. The van der Waals surface area contributed by atoms with Gasteiger partial charge in [0.1, 0.15) is 0 Å². The van der Waals surface area contributed by atoms with Crippen LogP contribution in [0.1, 0.15) is 36.1 Å². The van der Waals surface area contributed by atoms with E-state index in [4.69, 9.17) is 0 Å². The van der Waals surface area contributed by atoms with Crippen LogP contribution in [0.25, 0.3) is 0 Å². The predicted molar refractivity (Wildman–Crippen MR) is 79.6 cm³/mol. The van der Waals surface area contributed by atoms with Crippen molar-refractivity contribution in [1.82, 2.24) is 0 Å². The second-order valence-corrected chi connectivity index (χ2v) is 5.85. The largest absolute Gasteiger partial charge is 0.361 e. The molecule has 0 bridgehead atoms. The molecule has 4 rings (SSSR count). The van der Waals surface area contributed by atoms with E-state index in [1.807, 2.05) is 0 Å². The van der Waals surface area contributed by atoms with Crippen molar-refractivity contribution in [3.8, 4) is 0 Å². The molecule has 0 amide bonds. The van der Waals surface area contributed by atoms with Gasteiger partial charge in [0.2, 0.25) is 0 Å². The quantitative estimate of drug-likeness (QED) is 0.734. The monoisotopic (exact) mass is 249 g/mol. The maximum absolute atomic E-state index is 2.67. The molecule has 1 heteroatoms. The Morgan fingerprint density at radius 1 is 0.947 bits per heavy atom. The zero-order valence-corrected chi connectivity index (χ0v) is 11.3. The highest BCUT2D eigenvalue weighted by molar-refractivity contribution is 5.67. The van der Waals surface area contributed by atoms with Gasteiger partial charge in [-0.05, 0) is 42.9 Å². The molecular weight excluding hydrogens is 230 g/mol. The summed E-state index contributed by atoms with van der Waals surface area (Å²) in [4.78, 5) is 2.67. The Kier molecular flexibility index (Phi) is 2.41. The van der Waals surface area contributed by atoms with Gasteiger partial charge < -0.3 is 4.90 Å². The number of para-hydroxylation sites is 1. The zero-order valence-electron chi connectivity index (χ0n) is 11.3. The average molecular weight is 249 g/mol. The number of aryl methyl sites for hydroxylation is 1. The fraction of sp³-hybridized carbons (Fsp3) is 0.333. The molecule has 2 aromatic carbocycles. The fourth-order valence-electron chi connectivity index (χ4n) is 3.88. The molecule has 1 nitrogen and oxygen atoms in total. The topological polar surface area (TPSA) is 3.24 Å². The molecule has 2 aliphatic rings. The van der Waals surface area contributed by atoms with E-state index in [0.717, 1.165) is 0 Å². The van der Waals surface area contributed by atoms with Crippen LogP contribution in [0.5, 0.6) is 0 Å². The van der Waals surface area contributed by atoms with E-state index >= 15 is 0 Å². The van der Waals surface area contributed by atoms with E-state index < -0.39 is 0 Å². The van der Waals surface area contributed by atoms with Crippen molar-refractivity contribution in [2.45, 2.75) is 38.3 Å². The summed E-state index contributed by atoms with van der Waals surface area (Å²) >= 11 is 0. The summed E-state index contributed by atoms with van der Waals surface area (Å²) in [6.07, 6.45) is 3.66. The number of anilines is 1. The second kappa shape index (κ2) is 4.12. The van der Waals surface area contributed by atoms with E-state index in [-0.39, 0.29) is 0 Å². The number of hydrogen-bond acceptors (Lipinski definition) is 1. The van der Waals surface area contributed by atoms with Gasteiger partial charge in [0, 0.05) is 11.7 Å². The van der Waals surface area contributed by atoms with Crippen molar-refractivity contribution in [2.75, 3.05) is 4.90 Å². The van der Waals surface area contributed by atoms with Crippen LogP contribution in [0.4, 0.5) is 5.69 Å². The van der Waals surface area contributed by atoms with Crippen molar-refractivity contribution in [3.05, 3.63) is 65.2 Å². The normalized spacial score (nSPS) is 24.4. The van der Waals surface area contributed by atoms with Gasteiger partial charge in [0.05, 0.1) is 6.04 Å². The summed E-state index contributed by atoms with van der Waals surface area (Å²) in [6, 6.07) is 19.0. The van der Waals surface area contributed by atoms with Gasteiger partial charge in [0.15, 0.2) is 0 Å². The maximum atomic E-state index is 2.67. The van der Waals surface area contributed by atoms with Crippen LogP contribution in [0.2, 0.25) is 0 Å². The van der Waals surface area contributed by atoms with Crippen LogP contribution in [0.3, 0.4) is 0 Å². The lowest BCUT2D eigenvalue weighted by molar-refractivity contribution is 0.513. The van der Waals surface area contributed by atoms with Gasteiger partial charge in [0.25, 0.3) is 0 Å². The molecule has 0 fully saturated rings. The molecule has 0 saturated heterocycles. The first kappa shape index (κ1) is 11.1. The van der Waals surface area contributed by atoms with Crippen molar-refractivity contribution in [2.24, 2.45) is 0 Å². The smallest absolute Gasteiger partial charge is 0.0548 e. The highest BCUT2D eigenvalue weighted by Crippen LogP contribution is 2.46. The van der Waals surface area contributed by atoms with Gasteiger partial charge in [-0.25, -0.2) is 0 Å². The van der Waals surface area contributed by atoms with Crippen LogP contribution in [-0.4, -0.2) is 6.04 Å². The molecule has 0 aromatic heterocycles. The Labute approximate surface area is 114 Å². The molecular formula is C18H19N. The molecule has 0 radical (unpaired) electrons. The summed E-state index contributed by atoms with van der Waals surface area (Å²) in [6.45, 7) is 2.37. The van der Waals surface area contributed by atoms with Gasteiger partial charge in [-0.2, -0.15) is 0 Å². The molecule has 0 N–H and O–H groups in total. The van der Waals surface area contributed by atoms with Crippen LogP contribution < -0.4 is 4.90 Å². The van der Waals surface area contributed by atoms with E-state index in [0.29, 0.717) is 12.1 Å². The summed E-state index contributed by atoms with van der Waals surface area (Å²) in [7, 11) is 0. The van der Waals surface area contributed by atoms with Gasteiger partial charge in [-0.15, -0.1) is 0 Å². The fourth-order valence-corrected chi connectivity index (χ4v) is 3.88. The van der Waals surface area contributed by atoms with Crippen LogP contribution in [0.15, 0.2) is 48.5 Å². The summed E-state index contributed by atoms with van der Waals surface area (Å²) in [5.41, 5.74) is 6.10. The SMILES string of the molecule is C[C@@H]1Cc2cccc3c2N1[C@@H](c1ccccc1)CC3. The lowest BCUT2D eigenvalue weighted by Crippen LogP contribution is -2.36. The number of rotatable bonds is 1. The number of benzene rings is 2. The molecule has 19 heavy (non-hydrogen) atoms. The molecule has 0 spiro atoms. The first-order chi connectivity index (χ1) is 9.34. The molecule has 0 unspecified atom stereocenters. The van der Waals surface area contributed by atoms with Gasteiger partial charge >= 0.3 is 0 Å². The van der Waals surface area contributed by atoms with Gasteiger partial charge in [-0.3, -0.25) is 0 Å². The molecule has 96 valence electrons. The highest BCUT2D eigenvalue weighted by atomic mass is 15.2. The Morgan fingerprint density at radius 2 is 1.74 bits per heavy atom. The molecule has 2 heterocycles. The third-order valence-corrected chi connectivity index (χ3v) is 4.66. The van der Waals surface area contributed by atoms with Crippen molar-refractivity contribution in [3.63, 3.8) is 0 Å². The Morgan fingerprint density at radius 3 is 2.58 bits per heavy atom. The minimum absolute atomic E-state index is 0.562.